The molecule has 2 N–H and O–H groups in total. The molecule has 0 aromatic rings. The van der Waals surface area contributed by atoms with Gasteiger partial charge >= 0.3 is 0 Å². The molecule has 4 fully saturated rings. The monoisotopic (exact) mass is 396 g/mol. The van der Waals surface area contributed by atoms with E-state index in [4.69, 9.17) is 4.99 Å². The maximum absolute atomic E-state index is 11.7. The normalized spacial score (nSPS) is 37.4. The first-order valence-electron chi connectivity index (χ1n) is 11.0. The molecule has 4 rings (SSSR count). The predicted molar refractivity (Wildman–Crippen MR) is 110 cm³/mol. The second-order valence-electron chi connectivity index (χ2n) is 9.33. The molecule has 6 nitrogen and oxygen atoms in total. The first kappa shape index (κ1) is 19.5. The third-order valence-corrected chi connectivity index (χ3v) is 8.73. The summed E-state index contributed by atoms with van der Waals surface area (Å²) in [4.78, 5) is 7.47. The van der Waals surface area contributed by atoms with Gasteiger partial charge in [0.15, 0.2) is 15.8 Å². The zero-order valence-corrected chi connectivity index (χ0v) is 17.5. The summed E-state index contributed by atoms with van der Waals surface area (Å²) in [5, 5.41) is 7.40. The van der Waals surface area contributed by atoms with Crippen molar-refractivity contribution in [2.75, 3.05) is 31.1 Å². The molecule has 0 spiro atoms. The van der Waals surface area contributed by atoms with Crippen LogP contribution in [0.3, 0.4) is 0 Å². The van der Waals surface area contributed by atoms with Crippen LogP contribution < -0.4 is 10.6 Å². The summed E-state index contributed by atoms with van der Waals surface area (Å²) in [6.45, 7) is 5.26. The van der Waals surface area contributed by atoms with Crippen molar-refractivity contribution in [2.45, 2.75) is 76.4 Å². The number of hydrogen-bond donors (Lipinski definition) is 2. The smallest absolute Gasteiger partial charge is 0.191 e. The van der Waals surface area contributed by atoms with Gasteiger partial charge in [0.1, 0.15) is 0 Å². The molecule has 0 aromatic carbocycles. The van der Waals surface area contributed by atoms with E-state index in [0.717, 1.165) is 25.0 Å². The average Bonchev–Trinajstić information content (AvgIpc) is 3.28. The fourth-order valence-corrected chi connectivity index (χ4v) is 6.79. The SMILES string of the molecule is CC1CCCCC1NC(=NCC1CCS(=O)(=O)C1)NC1CCN(C2CC2)C1. The molecule has 0 aromatic heterocycles. The fraction of sp³-hybridized carbons (Fsp3) is 0.950. The maximum Gasteiger partial charge on any atom is 0.191 e. The number of rotatable bonds is 5. The number of likely N-dealkylation sites (tertiary alicyclic amines) is 1. The molecule has 4 aliphatic rings. The zero-order chi connectivity index (χ0) is 18.9. The second-order valence-corrected chi connectivity index (χ2v) is 11.6. The summed E-state index contributed by atoms with van der Waals surface area (Å²) >= 11 is 0. The Morgan fingerprint density at radius 2 is 1.89 bits per heavy atom. The minimum Gasteiger partial charge on any atom is -0.353 e. The van der Waals surface area contributed by atoms with Crippen LogP contribution in [-0.4, -0.2) is 68.5 Å². The zero-order valence-electron chi connectivity index (χ0n) is 16.7. The molecular formula is C20H36N4O2S. The Balaban J connectivity index is 1.37. The highest BCUT2D eigenvalue weighted by Crippen LogP contribution is 2.30. The quantitative estimate of drug-likeness (QED) is 0.547. The van der Waals surface area contributed by atoms with Gasteiger partial charge in [-0.15, -0.1) is 0 Å². The molecule has 154 valence electrons. The summed E-state index contributed by atoms with van der Waals surface area (Å²) in [5.74, 6) is 2.42. The first-order chi connectivity index (χ1) is 13.0. The van der Waals surface area contributed by atoms with E-state index in [9.17, 15) is 8.42 Å². The molecule has 2 saturated heterocycles. The molecule has 2 aliphatic heterocycles. The minimum atomic E-state index is -2.83. The molecule has 27 heavy (non-hydrogen) atoms. The van der Waals surface area contributed by atoms with E-state index >= 15 is 0 Å². The number of guanidine groups is 1. The summed E-state index contributed by atoms with van der Waals surface area (Å²) in [6.07, 6.45) is 9.77. The number of nitrogens with one attached hydrogen (secondary N) is 2. The van der Waals surface area contributed by atoms with E-state index in [2.05, 4.69) is 22.5 Å². The predicted octanol–water partition coefficient (Wildman–Crippen LogP) is 1.77. The molecule has 0 amide bonds. The molecule has 2 heterocycles. The summed E-state index contributed by atoms with van der Waals surface area (Å²) in [5.41, 5.74) is 0. The van der Waals surface area contributed by atoms with Crippen LogP contribution in [0, 0.1) is 11.8 Å². The van der Waals surface area contributed by atoms with Crippen molar-refractivity contribution in [2.24, 2.45) is 16.8 Å². The van der Waals surface area contributed by atoms with Gasteiger partial charge in [-0.05, 0) is 50.4 Å². The third-order valence-electron chi connectivity index (χ3n) is 6.89. The Morgan fingerprint density at radius 1 is 1.07 bits per heavy atom. The largest absolute Gasteiger partial charge is 0.353 e. The van der Waals surface area contributed by atoms with E-state index in [-0.39, 0.29) is 5.92 Å². The Kier molecular flexibility index (Phi) is 5.97. The second kappa shape index (κ2) is 8.27. The van der Waals surface area contributed by atoms with E-state index in [1.165, 1.54) is 51.5 Å². The lowest BCUT2D eigenvalue weighted by Gasteiger charge is -2.32. The fourth-order valence-electron chi connectivity index (χ4n) is 4.95. The maximum atomic E-state index is 11.7. The van der Waals surface area contributed by atoms with Gasteiger partial charge in [-0.2, -0.15) is 0 Å². The van der Waals surface area contributed by atoms with Crippen molar-refractivity contribution in [1.82, 2.24) is 15.5 Å². The lowest BCUT2D eigenvalue weighted by molar-refractivity contribution is 0.304. The molecule has 2 aliphatic carbocycles. The van der Waals surface area contributed by atoms with Crippen LogP contribution in [0.4, 0.5) is 0 Å². The Labute approximate surface area is 164 Å². The van der Waals surface area contributed by atoms with Crippen molar-refractivity contribution >= 4 is 15.8 Å². The molecule has 7 heteroatoms. The third kappa shape index (κ3) is 5.37. The topological polar surface area (TPSA) is 73.8 Å². The number of sulfone groups is 1. The molecule has 4 atom stereocenters. The molecule has 0 bridgehead atoms. The molecule has 0 radical (unpaired) electrons. The van der Waals surface area contributed by atoms with Crippen LogP contribution in [-0.2, 0) is 9.84 Å². The molecule has 2 saturated carbocycles. The van der Waals surface area contributed by atoms with Gasteiger partial charge in [0.2, 0.25) is 0 Å². The highest BCUT2D eigenvalue weighted by atomic mass is 32.2. The van der Waals surface area contributed by atoms with Gasteiger partial charge in [0.25, 0.3) is 0 Å². The van der Waals surface area contributed by atoms with Crippen LogP contribution in [0.2, 0.25) is 0 Å². The average molecular weight is 397 g/mol. The highest BCUT2D eigenvalue weighted by Gasteiger charge is 2.35. The van der Waals surface area contributed by atoms with Crippen molar-refractivity contribution < 1.29 is 8.42 Å². The van der Waals surface area contributed by atoms with E-state index in [1.54, 1.807) is 0 Å². The van der Waals surface area contributed by atoms with Crippen LogP contribution >= 0.6 is 0 Å². The van der Waals surface area contributed by atoms with Gasteiger partial charge in [0.05, 0.1) is 11.5 Å². The standard InChI is InChI=1S/C20H36N4O2S/c1-15-4-2-3-5-19(15)23-20(21-12-16-9-11-27(25,26)14-16)22-17-8-10-24(13-17)18-6-7-18/h15-19H,2-14H2,1H3,(H2,21,22,23). The van der Waals surface area contributed by atoms with Gasteiger partial charge in [-0.25, -0.2) is 8.42 Å². The van der Waals surface area contributed by atoms with E-state index in [1.807, 2.05) is 0 Å². The molecular weight excluding hydrogens is 360 g/mol. The van der Waals surface area contributed by atoms with Crippen molar-refractivity contribution in [1.29, 1.82) is 0 Å². The number of aliphatic imine (C=N–C) groups is 1. The van der Waals surface area contributed by atoms with Crippen LogP contribution in [0.1, 0.15) is 58.3 Å². The molecule has 4 unspecified atom stereocenters. The number of nitrogens with zero attached hydrogens (tertiary/aromatic N) is 2. The number of hydrogen-bond acceptors (Lipinski definition) is 4. The van der Waals surface area contributed by atoms with Crippen LogP contribution in [0.5, 0.6) is 0 Å². The first-order valence-corrected chi connectivity index (χ1v) is 12.8. The Morgan fingerprint density at radius 3 is 2.59 bits per heavy atom. The Bertz CT molecular complexity index is 646. The van der Waals surface area contributed by atoms with Crippen molar-refractivity contribution in [3.8, 4) is 0 Å². The van der Waals surface area contributed by atoms with Gasteiger partial charge < -0.3 is 10.6 Å². The minimum absolute atomic E-state index is 0.184. The lowest BCUT2D eigenvalue weighted by Crippen LogP contribution is -2.51. The van der Waals surface area contributed by atoms with E-state index < -0.39 is 9.84 Å². The van der Waals surface area contributed by atoms with Crippen LogP contribution in [0.15, 0.2) is 4.99 Å². The summed E-state index contributed by atoms with van der Waals surface area (Å²) < 4.78 is 23.5. The van der Waals surface area contributed by atoms with Gasteiger partial charge in [0, 0.05) is 37.8 Å². The Hall–Kier alpha value is -0.820. The summed E-state index contributed by atoms with van der Waals surface area (Å²) in [6, 6.07) is 1.77. The van der Waals surface area contributed by atoms with Crippen molar-refractivity contribution in [3.63, 3.8) is 0 Å². The lowest BCUT2D eigenvalue weighted by atomic mass is 9.86. The van der Waals surface area contributed by atoms with E-state index in [0.29, 0.717) is 36.1 Å². The van der Waals surface area contributed by atoms with Gasteiger partial charge in [-0.1, -0.05) is 19.8 Å². The summed E-state index contributed by atoms with van der Waals surface area (Å²) in [7, 11) is -2.83. The van der Waals surface area contributed by atoms with Crippen molar-refractivity contribution in [3.05, 3.63) is 0 Å². The highest BCUT2D eigenvalue weighted by molar-refractivity contribution is 7.91. The van der Waals surface area contributed by atoms with Gasteiger partial charge in [-0.3, -0.25) is 9.89 Å². The van der Waals surface area contributed by atoms with Crippen LogP contribution in [0.25, 0.3) is 0 Å².